The van der Waals surface area contributed by atoms with Crippen molar-refractivity contribution in [3.05, 3.63) is 124 Å². The van der Waals surface area contributed by atoms with Crippen molar-refractivity contribution in [3.63, 3.8) is 0 Å². The van der Waals surface area contributed by atoms with E-state index < -0.39 is 54.0 Å². The van der Waals surface area contributed by atoms with Gasteiger partial charge >= 0.3 is 5.97 Å². The highest BCUT2D eigenvalue weighted by Crippen LogP contribution is 2.60. The zero-order valence-corrected chi connectivity index (χ0v) is 34.3. The summed E-state index contributed by atoms with van der Waals surface area (Å²) < 4.78 is 26.4. The monoisotopic (exact) mass is 804 g/mol. The van der Waals surface area contributed by atoms with Gasteiger partial charge in [-0.1, -0.05) is 104 Å². The van der Waals surface area contributed by atoms with Gasteiger partial charge in [0.1, 0.15) is 24.4 Å². The van der Waals surface area contributed by atoms with Crippen LogP contribution >= 0.6 is 0 Å². The fourth-order valence-corrected chi connectivity index (χ4v) is 9.94. The van der Waals surface area contributed by atoms with Crippen molar-refractivity contribution < 1.29 is 43.5 Å². The molecule has 4 fully saturated rings. The van der Waals surface area contributed by atoms with Gasteiger partial charge in [-0.15, -0.1) is 0 Å². The van der Waals surface area contributed by atoms with Crippen molar-refractivity contribution in [2.45, 2.75) is 114 Å². The fraction of sp³-hybridized carbons (Fsp3) is 0.479. The minimum absolute atomic E-state index is 0.0380. The van der Waals surface area contributed by atoms with E-state index in [2.05, 4.69) is 37.5 Å². The number of nitrogens with one attached hydrogen (secondary N) is 2. The maximum atomic E-state index is 14.5. The molecule has 2 aliphatic heterocycles. The summed E-state index contributed by atoms with van der Waals surface area (Å²) in [4.78, 5) is 41.5. The van der Waals surface area contributed by atoms with Gasteiger partial charge in [0.2, 0.25) is 17.6 Å². The fourth-order valence-electron chi connectivity index (χ4n) is 9.94. The number of aliphatic hydroxyl groups excluding tert-OH is 2. The maximum Gasteiger partial charge on any atom is 0.339 e. The molecule has 5 aliphatic rings. The van der Waals surface area contributed by atoms with E-state index in [4.69, 9.17) is 18.9 Å². The Labute approximate surface area is 346 Å². The van der Waals surface area contributed by atoms with Crippen LogP contribution in [0, 0.1) is 17.3 Å². The van der Waals surface area contributed by atoms with Crippen molar-refractivity contribution in [2.75, 3.05) is 13.2 Å². The molecule has 9 unspecified atom stereocenters. The van der Waals surface area contributed by atoms with E-state index in [1.807, 2.05) is 78.9 Å². The molecule has 2 amide bonds. The summed E-state index contributed by atoms with van der Waals surface area (Å²) in [7, 11) is 0. The number of epoxide rings is 1. The maximum absolute atomic E-state index is 14.5. The molecule has 0 aromatic heterocycles. The molecule has 2 saturated carbocycles. The van der Waals surface area contributed by atoms with Crippen molar-refractivity contribution in [3.8, 4) is 0 Å². The molecule has 8 rings (SSSR count). The van der Waals surface area contributed by atoms with Crippen LogP contribution in [0.4, 0.5) is 0 Å². The number of amides is 2. The average Bonchev–Trinajstić information content (AvgIpc) is 3.68. The van der Waals surface area contributed by atoms with Crippen molar-refractivity contribution in [1.29, 1.82) is 0 Å². The Morgan fingerprint density at radius 3 is 2.25 bits per heavy atom. The first-order valence-electron chi connectivity index (χ1n) is 21.0. The van der Waals surface area contributed by atoms with Gasteiger partial charge in [-0.3, -0.25) is 9.59 Å². The van der Waals surface area contributed by atoms with E-state index in [1.165, 1.54) is 12.5 Å². The lowest BCUT2D eigenvalue weighted by atomic mass is 9.52. The SMILES string of the molecule is CC(O)C(NC(=O)C1=CC2OC(c3ccccc3)(c3ccccc3)OC2C(OC(=O)c2ccccc2C=C2CCC3OC3(C)CCC3C2CC3(C)C)C1)C(=O)NCCO. The Kier molecular flexibility index (Phi) is 11.4. The van der Waals surface area contributed by atoms with E-state index in [0.29, 0.717) is 17.4 Å². The normalized spacial score (nSPS) is 30.6. The number of hydrogen-bond donors (Lipinski definition) is 4. The molecule has 312 valence electrons. The van der Waals surface area contributed by atoms with Crippen molar-refractivity contribution in [2.24, 2.45) is 17.3 Å². The van der Waals surface area contributed by atoms with Gasteiger partial charge in [0, 0.05) is 29.7 Å². The highest BCUT2D eigenvalue weighted by molar-refractivity contribution is 5.98. The molecule has 4 N–H and O–H groups in total. The number of carbonyl (C=O) groups excluding carboxylic acids is 3. The van der Waals surface area contributed by atoms with Gasteiger partial charge in [0.05, 0.1) is 30.0 Å². The first-order valence-corrected chi connectivity index (χ1v) is 21.0. The lowest BCUT2D eigenvalue weighted by Gasteiger charge is -2.53. The molecule has 0 spiro atoms. The lowest BCUT2D eigenvalue weighted by molar-refractivity contribution is -0.157. The number of fused-ring (bicyclic) bond motifs is 3. The van der Waals surface area contributed by atoms with Crippen LogP contribution in [0.15, 0.2) is 102 Å². The van der Waals surface area contributed by atoms with E-state index >= 15 is 0 Å². The van der Waals surface area contributed by atoms with Crippen LogP contribution in [-0.2, 0) is 34.3 Å². The quantitative estimate of drug-likeness (QED) is 0.135. The molecule has 59 heavy (non-hydrogen) atoms. The molecule has 2 heterocycles. The van der Waals surface area contributed by atoms with Crippen LogP contribution in [0.25, 0.3) is 6.08 Å². The molecule has 11 heteroatoms. The predicted octanol–water partition coefficient (Wildman–Crippen LogP) is 5.98. The van der Waals surface area contributed by atoms with Crippen molar-refractivity contribution in [1.82, 2.24) is 10.6 Å². The third-order valence-electron chi connectivity index (χ3n) is 13.3. The molecule has 3 aliphatic carbocycles. The summed E-state index contributed by atoms with van der Waals surface area (Å²) in [5.41, 5.74) is 4.37. The lowest BCUT2D eigenvalue weighted by Crippen LogP contribution is -2.54. The van der Waals surface area contributed by atoms with Gasteiger partial charge in [-0.25, -0.2) is 4.79 Å². The van der Waals surface area contributed by atoms with E-state index in [9.17, 15) is 24.6 Å². The second kappa shape index (κ2) is 16.4. The number of hydrogen-bond acceptors (Lipinski definition) is 9. The number of aliphatic hydroxyl groups is 2. The van der Waals surface area contributed by atoms with E-state index in [0.717, 1.165) is 48.8 Å². The predicted molar refractivity (Wildman–Crippen MR) is 221 cm³/mol. The minimum atomic E-state index is -1.40. The molecule has 0 radical (unpaired) electrons. The second-order valence-electron chi connectivity index (χ2n) is 17.8. The molecule has 3 aromatic carbocycles. The molecule has 3 aromatic rings. The molecule has 2 saturated heterocycles. The standard InChI is InChI=1S/C48H56N2O9/c1-29(52)41(44(54)49-23-24-51)50-43(53)32-26-38(42-39(27-32)57-48(59-42,33-14-7-5-8-15-33)34-16-9-6-10-17-34)56-45(55)35-18-12-11-13-30(35)25-31-19-20-40-47(4,58-40)22-21-37-36(31)28-46(37,2)3/h5-18,25,27,29,36-42,51-52H,19-24,26,28H2,1-4H3,(H,49,54)(H,50,53). The van der Waals surface area contributed by atoms with Crippen LogP contribution in [0.5, 0.6) is 0 Å². The van der Waals surface area contributed by atoms with Crippen LogP contribution in [0.2, 0.25) is 0 Å². The van der Waals surface area contributed by atoms with Crippen LogP contribution in [0.1, 0.15) is 93.3 Å². The third-order valence-corrected chi connectivity index (χ3v) is 13.3. The number of allylic oxidation sites excluding steroid dienone is 1. The largest absolute Gasteiger partial charge is 0.456 e. The smallest absolute Gasteiger partial charge is 0.339 e. The van der Waals surface area contributed by atoms with Gasteiger partial charge in [-0.05, 0) is 80.9 Å². The Morgan fingerprint density at radius 2 is 1.59 bits per heavy atom. The summed E-state index contributed by atoms with van der Waals surface area (Å²) in [5.74, 6) is -2.26. The van der Waals surface area contributed by atoms with Crippen LogP contribution in [0.3, 0.4) is 0 Å². The number of esters is 1. The van der Waals surface area contributed by atoms with E-state index in [-0.39, 0.29) is 42.3 Å². The number of benzene rings is 3. The van der Waals surface area contributed by atoms with Crippen LogP contribution < -0.4 is 10.6 Å². The number of carbonyl (C=O) groups is 3. The molecular weight excluding hydrogens is 749 g/mol. The Hall–Kier alpha value is -4.65. The summed E-state index contributed by atoms with van der Waals surface area (Å²) >= 11 is 0. The average molecular weight is 805 g/mol. The zero-order chi connectivity index (χ0) is 41.5. The molecule has 9 atom stereocenters. The summed E-state index contributed by atoms with van der Waals surface area (Å²) in [5, 5.41) is 24.9. The summed E-state index contributed by atoms with van der Waals surface area (Å²) in [6, 6.07) is 25.2. The Bertz CT molecular complexity index is 2060. The molecule has 0 bridgehead atoms. The number of rotatable bonds is 11. The molecular formula is C48H56N2O9. The summed E-state index contributed by atoms with van der Waals surface area (Å²) in [6.45, 7) is 8.01. The van der Waals surface area contributed by atoms with E-state index in [1.54, 1.807) is 12.1 Å². The molecule has 11 nitrogen and oxygen atoms in total. The van der Waals surface area contributed by atoms with Gasteiger partial charge in [-0.2, -0.15) is 0 Å². The Morgan fingerprint density at radius 1 is 0.915 bits per heavy atom. The first-order chi connectivity index (χ1) is 28.3. The van der Waals surface area contributed by atoms with Crippen LogP contribution in [-0.4, -0.2) is 83.3 Å². The zero-order valence-electron chi connectivity index (χ0n) is 34.3. The second-order valence-corrected chi connectivity index (χ2v) is 17.8. The highest BCUT2D eigenvalue weighted by Gasteiger charge is 2.57. The van der Waals surface area contributed by atoms with Gasteiger partial charge in [0.25, 0.3) is 0 Å². The summed E-state index contributed by atoms with van der Waals surface area (Å²) in [6.07, 6.45) is 5.29. The van der Waals surface area contributed by atoms with Crippen molar-refractivity contribution >= 4 is 23.9 Å². The highest BCUT2D eigenvalue weighted by atomic mass is 16.8. The van der Waals surface area contributed by atoms with Gasteiger partial charge in [0.15, 0.2) is 0 Å². The topological polar surface area (TPSA) is 156 Å². The number of ether oxygens (including phenoxy) is 4. The third kappa shape index (κ3) is 8.15. The first kappa shape index (κ1) is 41.1. The van der Waals surface area contributed by atoms with Gasteiger partial charge < -0.3 is 39.8 Å². The Balaban J connectivity index is 1.12. The minimum Gasteiger partial charge on any atom is -0.456 e.